The minimum Gasteiger partial charge on any atom is -0.384 e. The largest absolute Gasteiger partial charge is 0.384 e. The van der Waals surface area contributed by atoms with Crippen molar-refractivity contribution in [1.82, 2.24) is 5.06 Å². The van der Waals surface area contributed by atoms with E-state index in [1.165, 1.54) is 0 Å². The fourth-order valence-corrected chi connectivity index (χ4v) is 0.842. The van der Waals surface area contributed by atoms with E-state index in [1.54, 1.807) is 17.5 Å². The van der Waals surface area contributed by atoms with Crippen molar-refractivity contribution < 1.29 is 4.84 Å². The van der Waals surface area contributed by atoms with Gasteiger partial charge >= 0.3 is 0 Å². The molecule has 0 N–H and O–H groups in total. The van der Waals surface area contributed by atoms with Crippen LogP contribution in [0.5, 0.6) is 0 Å². The summed E-state index contributed by atoms with van der Waals surface area (Å²) in [6, 6.07) is 0. The molecule has 2 rings (SSSR count). The molecule has 0 aromatic heterocycles. The molecule has 0 unspecified atom stereocenters. The zero-order valence-electron chi connectivity index (χ0n) is 4.82. The van der Waals surface area contributed by atoms with Crippen molar-refractivity contribution in [2.45, 2.75) is 0 Å². The zero-order valence-corrected chi connectivity index (χ0v) is 4.82. The van der Waals surface area contributed by atoms with Crippen molar-refractivity contribution >= 4 is 5.84 Å². The number of hydroxylamine groups is 2. The van der Waals surface area contributed by atoms with Gasteiger partial charge in [0.2, 0.25) is 0 Å². The Morgan fingerprint density at radius 1 is 1.67 bits per heavy atom. The van der Waals surface area contributed by atoms with E-state index in [-0.39, 0.29) is 0 Å². The lowest BCUT2D eigenvalue weighted by Crippen LogP contribution is -2.25. The number of hydrogen-bond acceptors (Lipinski definition) is 3. The van der Waals surface area contributed by atoms with E-state index in [9.17, 15) is 0 Å². The Bertz CT molecular complexity index is 205. The van der Waals surface area contributed by atoms with Crippen LogP contribution in [0.2, 0.25) is 0 Å². The average molecular weight is 122 g/mol. The van der Waals surface area contributed by atoms with E-state index >= 15 is 0 Å². The third kappa shape index (κ3) is 0.614. The fourth-order valence-electron chi connectivity index (χ4n) is 0.842. The van der Waals surface area contributed by atoms with Crippen molar-refractivity contribution in [3.63, 3.8) is 0 Å². The van der Waals surface area contributed by atoms with Gasteiger partial charge in [0.15, 0.2) is 5.84 Å². The Hall–Kier alpha value is -1.25. The van der Waals surface area contributed by atoms with Crippen LogP contribution < -0.4 is 0 Å². The Morgan fingerprint density at radius 3 is 3.56 bits per heavy atom. The molecule has 0 aliphatic carbocycles. The number of aliphatic imine (C=N–C) groups is 1. The Kier molecular flexibility index (Phi) is 0.828. The number of rotatable bonds is 0. The van der Waals surface area contributed by atoms with Crippen LogP contribution in [0.15, 0.2) is 29.6 Å². The van der Waals surface area contributed by atoms with Crippen LogP contribution in [0, 0.1) is 0 Å². The van der Waals surface area contributed by atoms with Crippen LogP contribution >= 0.6 is 0 Å². The molecule has 2 aliphatic heterocycles. The van der Waals surface area contributed by atoms with Gasteiger partial charge in [-0.25, -0.2) is 4.99 Å². The maximum Gasteiger partial charge on any atom is 0.163 e. The van der Waals surface area contributed by atoms with Crippen molar-refractivity contribution in [3.8, 4) is 0 Å². The quantitative estimate of drug-likeness (QED) is 0.471. The summed E-state index contributed by atoms with van der Waals surface area (Å²) in [4.78, 5) is 9.10. The molecule has 0 saturated carbocycles. The predicted octanol–water partition coefficient (Wildman–Crippen LogP) is 0.673. The van der Waals surface area contributed by atoms with Gasteiger partial charge in [0, 0.05) is 0 Å². The molecule has 9 heavy (non-hydrogen) atoms. The Labute approximate surface area is 52.9 Å². The minimum atomic E-state index is 0.809. The first kappa shape index (κ1) is 4.61. The standard InChI is InChI=1S/C6H6N2O/c1-2-6-7-3-5-9-8(6)4-1/h1-3,5H,4H2. The zero-order chi connectivity index (χ0) is 6.10. The number of hydrogen-bond donors (Lipinski definition) is 0. The summed E-state index contributed by atoms with van der Waals surface area (Å²) < 4.78 is 0. The molecule has 3 nitrogen and oxygen atoms in total. The highest BCUT2D eigenvalue weighted by molar-refractivity contribution is 5.94. The molecule has 3 heteroatoms. The van der Waals surface area contributed by atoms with Gasteiger partial charge in [-0.2, -0.15) is 5.06 Å². The summed E-state index contributed by atoms with van der Waals surface area (Å²) in [5.41, 5.74) is 0. The Morgan fingerprint density at radius 2 is 2.67 bits per heavy atom. The third-order valence-corrected chi connectivity index (χ3v) is 1.25. The van der Waals surface area contributed by atoms with Crippen LogP contribution in [-0.2, 0) is 4.84 Å². The molecule has 0 spiro atoms. The molecule has 0 atom stereocenters. The van der Waals surface area contributed by atoms with Crippen LogP contribution in [0.1, 0.15) is 0 Å². The molecule has 46 valence electrons. The summed E-state index contributed by atoms with van der Waals surface area (Å²) >= 11 is 0. The van der Waals surface area contributed by atoms with E-state index in [1.807, 2.05) is 12.2 Å². The molecule has 2 heterocycles. The van der Waals surface area contributed by atoms with Crippen LogP contribution in [0.25, 0.3) is 0 Å². The normalized spacial score (nSPS) is 21.3. The van der Waals surface area contributed by atoms with Gasteiger partial charge in [0.25, 0.3) is 0 Å². The van der Waals surface area contributed by atoms with E-state index in [0.29, 0.717) is 0 Å². The van der Waals surface area contributed by atoms with Crippen molar-refractivity contribution in [2.24, 2.45) is 4.99 Å². The number of nitrogens with zero attached hydrogens (tertiary/aromatic N) is 2. The average Bonchev–Trinajstić information content (AvgIpc) is 2.33. The smallest absolute Gasteiger partial charge is 0.163 e. The maximum absolute atomic E-state index is 5.06. The van der Waals surface area contributed by atoms with Gasteiger partial charge < -0.3 is 4.84 Å². The molecule has 0 fully saturated rings. The molecule has 0 saturated heterocycles. The fraction of sp³-hybridized carbons (Fsp3) is 0.167. The second-order valence-electron chi connectivity index (χ2n) is 1.84. The van der Waals surface area contributed by atoms with Crippen LogP contribution in [0.4, 0.5) is 0 Å². The van der Waals surface area contributed by atoms with Gasteiger partial charge in [-0.05, 0) is 6.08 Å². The first-order valence-electron chi connectivity index (χ1n) is 2.80. The molecule has 0 radical (unpaired) electrons. The van der Waals surface area contributed by atoms with Gasteiger partial charge in [-0.1, -0.05) is 6.08 Å². The van der Waals surface area contributed by atoms with E-state index in [0.717, 1.165) is 12.4 Å². The SMILES string of the molecule is C1=CC2=NC=CON2C1. The molecule has 2 aliphatic rings. The predicted molar refractivity (Wildman–Crippen MR) is 33.5 cm³/mol. The number of amidine groups is 1. The summed E-state index contributed by atoms with van der Waals surface area (Å²) in [5, 5.41) is 1.72. The van der Waals surface area contributed by atoms with Crippen molar-refractivity contribution in [2.75, 3.05) is 6.54 Å². The minimum absolute atomic E-state index is 0.809. The van der Waals surface area contributed by atoms with Gasteiger partial charge in [0.1, 0.15) is 6.26 Å². The van der Waals surface area contributed by atoms with Gasteiger partial charge in [-0.3, -0.25) is 0 Å². The second kappa shape index (κ2) is 1.62. The number of fused-ring (bicyclic) bond motifs is 1. The summed E-state index contributed by atoms with van der Waals surface area (Å²) in [7, 11) is 0. The summed E-state index contributed by atoms with van der Waals surface area (Å²) in [5.74, 6) is 0.887. The lowest BCUT2D eigenvalue weighted by molar-refractivity contribution is -0.0206. The van der Waals surface area contributed by atoms with Gasteiger partial charge in [-0.15, -0.1) is 0 Å². The van der Waals surface area contributed by atoms with Crippen molar-refractivity contribution in [1.29, 1.82) is 0 Å². The Balaban J connectivity index is 2.31. The second-order valence-corrected chi connectivity index (χ2v) is 1.84. The first-order chi connectivity index (χ1) is 4.47. The summed E-state index contributed by atoms with van der Waals surface area (Å²) in [6.07, 6.45) is 7.15. The molecule has 0 aromatic rings. The van der Waals surface area contributed by atoms with Gasteiger partial charge in [0.05, 0.1) is 12.7 Å². The van der Waals surface area contributed by atoms with E-state index < -0.39 is 0 Å². The third-order valence-electron chi connectivity index (χ3n) is 1.25. The molecule has 0 aromatic carbocycles. The molecule has 0 bridgehead atoms. The van der Waals surface area contributed by atoms with E-state index in [2.05, 4.69) is 4.99 Å². The topological polar surface area (TPSA) is 24.8 Å². The first-order valence-corrected chi connectivity index (χ1v) is 2.80. The lowest BCUT2D eigenvalue weighted by Gasteiger charge is -2.17. The lowest BCUT2D eigenvalue weighted by atomic mass is 10.5. The van der Waals surface area contributed by atoms with Crippen LogP contribution in [-0.4, -0.2) is 17.4 Å². The highest BCUT2D eigenvalue weighted by Gasteiger charge is 2.13. The van der Waals surface area contributed by atoms with Crippen molar-refractivity contribution in [3.05, 3.63) is 24.6 Å². The maximum atomic E-state index is 5.06. The highest BCUT2D eigenvalue weighted by atomic mass is 16.7. The highest BCUT2D eigenvalue weighted by Crippen LogP contribution is 2.08. The van der Waals surface area contributed by atoms with Crippen LogP contribution in [0.3, 0.4) is 0 Å². The molecular formula is C6H6N2O. The molecular weight excluding hydrogens is 116 g/mol. The molecule has 0 amide bonds. The monoisotopic (exact) mass is 122 g/mol. The summed E-state index contributed by atoms with van der Waals surface area (Å²) in [6.45, 7) is 0.809. The van der Waals surface area contributed by atoms with E-state index in [4.69, 9.17) is 4.84 Å².